The third kappa shape index (κ3) is 3.00. The molecular weight excluding hydrogens is 478 g/mol. The highest BCUT2D eigenvalue weighted by Gasteiger charge is 2.23. The van der Waals surface area contributed by atoms with Crippen molar-refractivity contribution in [3.63, 3.8) is 0 Å². The Morgan fingerprint density at radius 2 is 1.89 bits per heavy atom. The quantitative estimate of drug-likeness (QED) is 0.591. The van der Waals surface area contributed by atoms with Gasteiger partial charge in [0.15, 0.2) is 11.5 Å². The van der Waals surface area contributed by atoms with Gasteiger partial charge in [0.1, 0.15) is 16.2 Å². The van der Waals surface area contributed by atoms with E-state index in [1.807, 2.05) is 34.9 Å². The monoisotopic (exact) mass is 491 g/mol. The number of hydrogen-bond donors (Lipinski definition) is 1. The standard InChI is InChI=1S/C18H15Br2N5O2/c1-26-13-4-3-9(7-14(13)27-2)25-12-5-6-22-15(16(12)24-18(25)21)11-8-10(19)17(20)23-11/h3-8,11H,1-2H3,(H2,21,24). The number of nitrogens with zero attached hydrogens (tertiary/aromatic N) is 4. The van der Waals surface area contributed by atoms with Crippen LogP contribution < -0.4 is 15.2 Å². The molecular formula is C18H15Br2N5O2. The summed E-state index contributed by atoms with van der Waals surface area (Å²) in [5.74, 6) is 1.61. The first-order valence-corrected chi connectivity index (χ1v) is 9.58. The minimum Gasteiger partial charge on any atom is -0.493 e. The molecule has 0 aliphatic carbocycles. The number of allylic oxidation sites excluding steroid dienone is 1. The molecule has 1 aromatic carbocycles. The zero-order chi connectivity index (χ0) is 19.1. The summed E-state index contributed by atoms with van der Waals surface area (Å²) in [5, 5.41) is 0. The summed E-state index contributed by atoms with van der Waals surface area (Å²) in [6.45, 7) is 0. The van der Waals surface area contributed by atoms with Crippen LogP contribution in [0.15, 0.2) is 46.0 Å². The number of pyridine rings is 1. The summed E-state index contributed by atoms with van der Waals surface area (Å²) in [7, 11) is 3.20. The van der Waals surface area contributed by atoms with Crippen LogP contribution in [0.1, 0.15) is 11.7 Å². The fourth-order valence-electron chi connectivity index (χ4n) is 3.06. The van der Waals surface area contributed by atoms with Crippen molar-refractivity contribution in [3.8, 4) is 17.2 Å². The zero-order valence-electron chi connectivity index (χ0n) is 14.5. The van der Waals surface area contributed by atoms with Crippen LogP contribution in [0.2, 0.25) is 0 Å². The fourth-order valence-corrected chi connectivity index (χ4v) is 3.77. The van der Waals surface area contributed by atoms with E-state index in [9.17, 15) is 0 Å². The van der Waals surface area contributed by atoms with Gasteiger partial charge in [-0.2, -0.15) is 0 Å². The normalized spacial score (nSPS) is 16.4. The minimum atomic E-state index is -0.231. The van der Waals surface area contributed by atoms with Crippen molar-refractivity contribution in [2.24, 2.45) is 4.99 Å². The molecule has 27 heavy (non-hydrogen) atoms. The number of nitrogens with two attached hydrogens (primary N) is 1. The molecule has 0 radical (unpaired) electrons. The molecule has 0 amide bonds. The van der Waals surface area contributed by atoms with E-state index in [2.05, 4.69) is 46.8 Å². The molecule has 3 aromatic rings. The first-order chi connectivity index (χ1) is 13.0. The van der Waals surface area contributed by atoms with Gasteiger partial charge >= 0.3 is 0 Å². The number of rotatable bonds is 4. The molecule has 7 nitrogen and oxygen atoms in total. The average Bonchev–Trinajstić information content (AvgIpc) is 3.19. The van der Waals surface area contributed by atoms with E-state index in [1.54, 1.807) is 20.4 Å². The highest BCUT2D eigenvalue weighted by Crippen LogP contribution is 2.36. The first kappa shape index (κ1) is 18.0. The molecule has 138 valence electrons. The molecule has 2 N–H and O–H groups in total. The van der Waals surface area contributed by atoms with E-state index in [-0.39, 0.29) is 6.04 Å². The molecule has 0 spiro atoms. The molecule has 2 aromatic heterocycles. The van der Waals surface area contributed by atoms with Crippen molar-refractivity contribution in [1.29, 1.82) is 0 Å². The second kappa shape index (κ2) is 6.97. The lowest BCUT2D eigenvalue weighted by atomic mass is 10.1. The number of hydrogen-bond acceptors (Lipinski definition) is 6. The predicted molar refractivity (Wildman–Crippen MR) is 112 cm³/mol. The number of methoxy groups -OCH3 is 2. The van der Waals surface area contributed by atoms with Crippen LogP contribution in [-0.2, 0) is 0 Å². The molecule has 4 rings (SSSR count). The van der Waals surface area contributed by atoms with Crippen molar-refractivity contribution in [2.75, 3.05) is 20.0 Å². The van der Waals surface area contributed by atoms with Crippen molar-refractivity contribution in [2.45, 2.75) is 6.04 Å². The Morgan fingerprint density at radius 1 is 1.11 bits per heavy atom. The van der Waals surface area contributed by atoms with Crippen LogP contribution in [0.25, 0.3) is 16.7 Å². The number of imidazole rings is 1. The van der Waals surface area contributed by atoms with Gasteiger partial charge in [-0.1, -0.05) is 0 Å². The molecule has 0 bridgehead atoms. The molecule has 3 heterocycles. The van der Waals surface area contributed by atoms with Crippen molar-refractivity contribution < 1.29 is 9.47 Å². The number of benzene rings is 1. The SMILES string of the molecule is COc1ccc(-n2c(N)nc3c(C4C=C(Br)C(Br)=N4)nccc32)cc1OC. The third-order valence-corrected chi connectivity index (χ3v) is 6.09. The number of aromatic nitrogens is 3. The van der Waals surface area contributed by atoms with Crippen LogP contribution >= 0.6 is 31.9 Å². The summed E-state index contributed by atoms with van der Waals surface area (Å²) in [5.41, 5.74) is 9.36. The van der Waals surface area contributed by atoms with E-state index in [0.29, 0.717) is 23.0 Å². The third-order valence-electron chi connectivity index (χ3n) is 4.29. The van der Waals surface area contributed by atoms with Gasteiger partial charge in [-0.05, 0) is 56.1 Å². The van der Waals surface area contributed by atoms with E-state index >= 15 is 0 Å². The van der Waals surface area contributed by atoms with Gasteiger partial charge in [-0.25, -0.2) is 4.98 Å². The van der Waals surface area contributed by atoms with Crippen molar-refractivity contribution >= 4 is 53.5 Å². The zero-order valence-corrected chi connectivity index (χ0v) is 17.7. The number of aliphatic imine (C=N–C) groups is 1. The van der Waals surface area contributed by atoms with Crippen molar-refractivity contribution in [1.82, 2.24) is 14.5 Å². The van der Waals surface area contributed by atoms with Gasteiger partial charge in [0.2, 0.25) is 5.95 Å². The maximum atomic E-state index is 6.25. The summed E-state index contributed by atoms with van der Waals surface area (Å²) in [6.07, 6.45) is 3.71. The van der Waals surface area contributed by atoms with E-state index in [0.717, 1.165) is 26.0 Å². The largest absolute Gasteiger partial charge is 0.493 e. The van der Waals surface area contributed by atoms with Gasteiger partial charge in [-0.15, -0.1) is 0 Å². The molecule has 0 saturated heterocycles. The molecule has 1 unspecified atom stereocenters. The Bertz CT molecular complexity index is 1090. The number of ether oxygens (including phenoxy) is 2. The van der Waals surface area contributed by atoms with Crippen LogP contribution in [0.5, 0.6) is 11.5 Å². The highest BCUT2D eigenvalue weighted by molar-refractivity contribution is 9.20. The van der Waals surface area contributed by atoms with Crippen LogP contribution in [-0.4, -0.2) is 33.4 Å². The number of fused-ring (bicyclic) bond motifs is 1. The minimum absolute atomic E-state index is 0.231. The lowest BCUT2D eigenvalue weighted by Crippen LogP contribution is -2.01. The second-order valence-corrected chi connectivity index (χ2v) is 7.39. The Balaban J connectivity index is 1.89. The van der Waals surface area contributed by atoms with E-state index < -0.39 is 0 Å². The molecule has 1 aliphatic heterocycles. The molecule has 0 fully saturated rings. The first-order valence-electron chi connectivity index (χ1n) is 7.99. The molecule has 0 saturated carbocycles. The Labute approximate surface area is 172 Å². The molecule has 1 aliphatic rings. The molecule has 1 atom stereocenters. The van der Waals surface area contributed by atoms with Gasteiger partial charge in [0.25, 0.3) is 0 Å². The average molecular weight is 493 g/mol. The highest BCUT2D eigenvalue weighted by atomic mass is 79.9. The number of halogens is 2. The Hall–Kier alpha value is -2.39. The van der Waals surface area contributed by atoms with Crippen molar-refractivity contribution in [3.05, 3.63) is 46.7 Å². The van der Waals surface area contributed by atoms with Gasteiger partial charge < -0.3 is 15.2 Å². The summed E-state index contributed by atoms with van der Waals surface area (Å²) < 4.78 is 14.2. The maximum absolute atomic E-state index is 6.25. The topological polar surface area (TPSA) is 87.6 Å². The van der Waals surface area contributed by atoms with Crippen LogP contribution in [0.4, 0.5) is 5.95 Å². The summed E-state index contributed by atoms with van der Waals surface area (Å²) in [6, 6.07) is 7.24. The van der Waals surface area contributed by atoms with Gasteiger partial charge in [-0.3, -0.25) is 14.5 Å². The van der Waals surface area contributed by atoms with Crippen LogP contribution in [0, 0.1) is 0 Å². The van der Waals surface area contributed by atoms with E-state index in [1.165, 1.54) is 0 Å². The van der Waals surface area contributed by atoms with Crippen LogP contribution in [0.3, 0.4) is 0 Å². The summed E-state index contributed by atoms with van der Waals surface area (Å²) >= 11 is 6.89. The second-order valence-electron chi connectivity index (χ2n) is 5.79. The number of nitrogen functional groups attached to an aromatic ring is 1. The summed E-state index contributed by atoms with van der Waals surface area (Å²) in [4.78, 5) is 13.6. The Kier molecular flexibility index (Phi) is 4.65. The lowest BCUT2D eigenvalue weighted by Gasteiger charge is -2.12. The fraction of sp³-hybridized carbons (Fsp3) is 0.167. The predicted octanol–water partition coefficient (Wildman–Crippen LogP) is 4.15. The van der Waals surface area contributed by atoms with Gasteiger partial charge in [0, 0.05) is 16.7 Å². The van der Waals surface area contributed by atoms with Gasteiger partial charge in [0.05, 0.1) is 31.1 Å². The lowest BCUT2D eigenvalue weighted by molar-refractivity contribution is 0.355. The maximum Gasteiger partial charge on any atom is 0.206 e. The van der Waals surface area contributed by atoms with E-state index in [4.69, 9.17) is 15.2 Å². The number of anilines is 1. The smallest absolute Gasteiger partial charge is 0.206 e. The molecule has 9 heteroatoms. The Morgan fingerprint density at radius 3 is 2.56 bits per heavy atom.